The molecule has 11 heteroatoms. The van der Waals surface area contributed by atoms with Crippen molar-refractivity contribution in [2.45, 2.75) is 64.0 Å². The fourth-order valence-electron chi connectivity index (χ4n) is 4.84. The molecular weight excluding hydrogens is 447 g/mol. The molecule has 32 heavy (non-hydrogen) atoms. The van der Waals surface area contributed by atoms with Crippen molar-refractivity contribution in [3.8, 4) is 0 Å². The molecule has 1 aliphatic carbocycles. The van der Waals surface area contributed by atoms with Crippen LogP contribution in [0.25, 0.3) is 0 Å². The zero-order valence-corrected chi connectivity index (χ0v) is 18.5. The normalized spacial score (nSPS) is 25.3. The Morgan fingerprint density at radius 2 is 1.97 bits per heavy atom. The molecule has 2 amide bonds. The number of amides is 2. The number of hydrazone groups is 1. The first kappa shape index (κ1) is 22.7. The number of benzene rings is 1. The smallest absolute Gasteiger partial charge is 0.325 e. The maximum atomic E-state index is 13.4. The Kier molecular flexibility index (Phi) is 6.00. The Morgan fingerprint density at radius 1 is 1.28 bits per heavy atom. The molecule has 1 saturated carbocycles. The number of amidine groups is 1. The average Bonchev–Trinajstić information content (AvgIpc) is 3.17. The highest BCUT2D eigenvalue weighted by atomic mass is 35.5. The number of carbonyl (C=O) groups excluding carboxylic acids is 2. The van der Waals surface area contributed by atoms with Crippen LogP contribution in [0.15, 0.2) is 23.3 Å². The molecule has 0 bridgehead atoms. The van der Waals surface area contributed by atoms with Gasteiger partial charge in [0.25, 0.3) is 5.91 Å². The van der Waals surface area contributed by atoms with Crippen molar-refractivity contribution in [1.82, 2.24) is 15.2 Å². The third-order valence-corrected chi connectivity index (χ3v) is 6.44. The van der Waals surface area contributed by atoms with Crippen LogP contribution in [0.5, 0.6) is 0 Å². The number of halogens is 4. The van der Waals surface area contributed by atoms with Gasteiger partial charge in [0.1, 0.15) is 12.4 Å². The molecule has 4 rings (SSSR count). The largest absolute Gasteiger partial charge is 0.418 e. The first-order valence-corrected chi connectivity index (χ1v) is 11.0. The second-order valence-electron chi connectivity index (χ2n) is 8.68. The van der Waals surface area contributed by atoms with Crippen molar-refractivity contribution in [1.29, 1.82) is 0 Å². The van der Waals surface area contributed by atoms with Crippen molar-refractivity contribution < 1.29 is 22.8 Å². The molecule has 3 unspecified atom stereocenters. The molecule has 2 N–H and O–H groups in total. The van der Waals surface area contributed by atoms with Gasteiger partial charge in [-0.25, -0.2) is 0 Å². The van der Waals surface area contributed by atoms with E-state index in [1.165, 1.54) is 11.0 Å². The lowest BCUT2D eigenvalue weighted by molar-refractivity contribution is -0.151. The fraction of sp³-hybridized carbons (Fsp3) is 0.571. The minimum Gasteiger partial charge on any atom is -0.325 e. The zero-order valence-electron chi connectivity index (χ0n) is 17.7. The predicted octanol–water partition coefficient (Wildman–Crippen LogP) is 3.65. The van der Waals surface area contributed by atoms with Crippen molar-refractivity contribution in [3.05, 3.63) is 28.8 Å². The third-order valence-electron chi connectivity index (χ3n) is 6.20. The molecular formula is C21H25ClF3N5O2. The highest BCUT2D eigenvalue weighted by Gasteiger charge is 2.51. The van der Waals surface area contributed by atoms with Crippen LogP contribution >= 0.6 is 11.6 Å². The Bertz CT molecular complexity index is 952. The number of rotatable bonds is 4. The van der Waals surface area contributed by atoms with Crippen LogP contribution in [0.1, 0.15) is 45.1 Å². The van der Waals surface area contributed by atoms with Gasteiger partial charge in [-0.2, -0.15) is 18.3 Å². The summed E-state index contributed by atoms with van der Waals surface area (Å²) >= 11 is 5.71. The number of hydrogen-bond acceptors (Lipinski definition) is 5. The summed E-state index contributed by atoms with van der Waals surface area (Å²) in [5.74, 6) is -0.0365. The van der Waals surface area contributed by atoms with E-state index in [9.17, 15) is 22.8 Å². The van der Waals surface area contributed by atoms with Crippen LogP contribution in [0.4, 0.5) is 18.9 Å². The van der Waals surface area contributed by atoms with Gasteiger partial charge < -0.3 is 15.1 Å². The lowest BCUT2D eigenvalue weighted by Gasteiger charge is -2.51. The summed E-state index contributed by atoms with van der Waals surface area (Å²) in [6.07, 6.45) is -1.86. The van der Waals surface area contributed by atoms with Gasteiger partial charge in [0, 0.05) is 10.9 Å². The van der Waals surface area contributed by atoms with Crippen LogP contribution in [0, 0.1) is 5.92 Å². The van der Waals surface area contributed by atoms with Gasteiger partial charge in [-0.15, -0.1) is 0 Å². The molecule has 2 heterocycles. The Hall–Kier alpha value is -2.49. The summed E-state index contributed by atoms with van der Waals surface area (Å²) in [7, 11) is 0. The van der Waals surface area contributed by atoms with E-state index in [0.717, 1.165) is 43.7 Å². The van der Waals surface area contributed by atoms with Gasteiger partial charge in [0.2, 0.25) is 5.91 Å². The standard InChI is InChI=1S/C21H25ClF3N5O2/c1-11(2)18-27-28-19-20(32)29(15-5-3-4-6-16(15)30(18)19)10-17(31)26-14-8-7-12(22)9-13(14)21(23,24)25/h7-9,11,15-16,19,28H,3-6,10H2,1-2H3,(H,26,31). The number of piperazine rings is 1. The molecule has 174 valence electrons. The van der Waals surface area contributed by atoms with E-state index in [0.29, 0.717) is 0 Å². The van der Waals surface area contributed by atoms with E-state index in [2.05, 4.69) is 15.8 Å². The number of hydrogen-bond donors (Lipinski definition) is 2. The lowest BCUT2D eigenvalue weighted by Crippen LogP contribution is -2.70. The molecule has 0 radical (unpaired) electrons. The Balaban J connectivity index is 1.55. The first-order chi connectivity index (χ1) is 15.1. The minimum atomic E-state index is -4.68. The number of fused-ring (bicyclic) bond motifs is 3. The summed E-state index contributed by atoms with van der Waals surface area (Å²) in [5, 5.41) is 6.59. The minimum absolute atomic E-state index is 0.0108. The van der Waals surface area contributed by atoms with E-state index in [4.69, 9.17) is 11.6 Å². The second kappa shape index (κ2) is 8.46. The van der Waals surface area contributed by atoms with E-state index in [1.54, 1.807) is 0 Å². The predicted molar refractivity (Wildman–Crippen MR) is 114 cm³/mol. The fourth-order valence-corrected chi connectivity index (χ4v) is 5.01. The zero-order chi connectivity index (χ0) is 23.2. The van der Waals surface area contributed by atoms with Gasteiger partial charge in [-0.1, -0.05) is 38.3 Å². The first-order valence-electron chi connectivity index (χ1n) is 10.7. The highest BCUT2D eigenvalue weighted by Crippen LogP contribution is 2.38. The van der Waals surface area contributed by atoms with Gasteiger partial charge in [0.15, 0.2) is 6.17 Å². The van der Waals surface area contributed by atoms with Crippen LogP contribution in [0.3, 0.4) is 0 Å². The van der Waals surface area contributed by atoms with E-state index >= 15 is 0 Å². The summed E-state index contributed by atoms with van der Waals surface area (Å²) in [6, 6.07) is 2.98. The molecule has 0 aromatic heterocycles. The number of carbonyl (C=O) groups is 2. The van der Waals surface area contributed by atoms with Crippen molar-refractivity contribution >= 4 is 34.9 Å². The van der Waals surface area contributed by atoms with Crippen molar-refractivity contribution in [3.63, 3.8) is 0 Å². The van der Waals surface area contributed by atoms with Crippen molar-refractivity contribution in [2.75, 3.05) is 11.9 Å². The van der Waals surface area contributed by atoms with Gasteiger partial charge in [-0.05, 0) is 31.0 Å². The molecule has 0 spiro atoms. The topological polar surface area (TPSA) is 77.0 Å². The summed E-state index contributed by atoms with van der Waals surface area (Å²) in [4.78, 5) is 29.6. The molecule has 1 aromatic rings. The number of anilines is 1. The average molecular weight is 472 g/mol. The SMILES string of the molecule is CC(C)C1=NNC2C(=O)N(CC(=O)Nc3ccc(Cl)cc3C(F)(F)F)C3CCCCC3N12. The molecule has 1 aromatic carbocycles. The molecule has 2 aliphatic heterocycles. The molecule has 3 aliphatic rings. The number of nitrogens with one attached hydrogen (secondary N) is 2. The van der Waals surface area contributed by atoms with Gasteiger partial charge in [-0.3, -0.25) is 15.0 Å². The highest BCUT2D eigenvalue weighted by molar-refractivity contribution is 6.30. The third kappa shape index (κ3) is 4.12. The van der Waals surface area contributed by atoms with Crippen molar-refractivity contribution in [2.24, 2.45) is 11.0 Å². The molecule has 7 nitrogen and oxygen atoms in total. The maximum Gasteiger partial charge on any atom is 0.418 e. The van der Waals surface area contributed by atoms with Crippen LogP contribution in [-0.4, -0.2) is 52.2 Å². The molecule has 3 atom stereocenters. The summed E-state index contributed by atoms with van der Waals surface area (Å²) in [6.45, 7) is 3.69. The summed E-state index contributed by atoms with van der Waals surface area (Å²) < 4.78 is 40.1. The lowest BCUT2D eigenvalue weighted by atomic mass is 9.85. The van der Waals surface area contributed by atoms with Crippen LogP contribution in [0.2, 0.25) is 5.02 Å². The molecule has 2 fully saturated rings. The Labute approximate surface area is 188 Å². The summed E-state index contributed by atoms with van der Waals surface area (Å²) in [5.41, 5.74) is 1.47. The van der Waals surface area contributed by atoms with Crippen LogP contribution in [-0.2, 0) is 15.8 Å². The quantitative estimate of drug-likeness (QED) is 0.702. The van der Waals surface area contributed by atoms with E-state index in [1.807, 2.05) is 18.7 Å². The number of alkyl halides is 3. The van der Waals surface area contributed by atoms with Gasteiger partial charge >= 0.3 is 6.18 Å². The molecule has 1 saturated heterocycles. The van der Waals surface area contributed by atoms with Crippen LogP contribution < -0.4 is 10.7 Å². The van der Waals surface area contributed by atoms with E-state index < -0.39 is 23.8 Å². The number of nitrogens with zero attached hydrogens (tertiary/aromatic N) is 3. The monoisotopic (exact) mass is 471 g/mol. The van der Waals surface area contributed by atoms with E-state index in [-0.39, 0.29) is 41.2 Å². The van der Waals surface area contributed by atoms with Gasteiger partial charge in [0.05, 0.1) is 23.3 Å². The second-order valence-corrected chi connectivity index (χ2v) is 9.12. The maximum absolute atomic E-state index is 13.4. The Morgan fingerprint density at radius 3 is 2.62 bits per heavy atom.